The van der Waals surface area contributed by atoms with Crippen molar-refractivity contribution in [1.82, 2.24) is 0 Å². The largest absolute Gasteiger partial charge is 3.00 e. The van der Waals surface area contributed by atoms with Gasteiger partial charge in [-0.15, -0.1) is 0 Å². The van der Waals surface area contributed by atoms with Crippen molar-refractivity contribution in [3.05, 3.63) is 129 Å². The zero-order valence-corrected chi connectivity index (χ0v) is 73.6. The van der Waals surface area contributed by atoms with Gasteiger partial charge < -0.3 is 44.1 Å². The number of allylic oxidation sites excluding steroid dienone is 7. The second-order valence-electron chi connectivity index (χ2n) is 34.1. The second-order valence-corrected chi connectivity index (χ2v) is 34.1. The van der Waals surface area contributed by atoms with E-state index in [2.05, 4.69) is 129 Å². The maximum atomic E-state index is 4.39. The van der Waals surface area contributed by atoms with Crippen molar-refractivity contribution >= 4 is 0 Å². The van der Waals surface area contributed by atoms with E-state index in [1.807, 2.05) is 0 Å². The normalized spacial score (nSPS) is 39.9. The third-order valence-electron chi connectivity index (χ3n) is 29.9. The molecule has 2 heteroatoms. The molecule has 0 nitrogen and oxygen atoms in total. The first-order chi connectivity index (χ1) is 42.8. The van der Waals surface area contributed by atoms with Gasteiger partial charge in [0.05, 0.1) is 0 Å². The zero-order valence-electron chi connectivity index (χ0n) is 67.9. The van der Waals surface area contributed by atoms with Crippen molar-refractivity contribution in [3.63, 3.8) is 0 Å². The van der Waals surface area contributed by atoms with Crippen LogP contribution in [-0.4, -0.2) is 0 Å². The maximum Gasteiger partial charge on any atom is 3.00 e. The molecule has 0 aromatic carbocycles. The summed E-state index contributed by atoms with van der Waals surface area (Å²) in [6.07, 6.45) is 52.9. The van der Waals surface area contributed by atoms with Gasteiger partial charge in [0, 0.05) is 0 Å². The molecule has 14 fully saturated rings. The van der Waals surface area contributed by atoms with E-state index in [1.165, 1.54) is 236 Å². The average molecular weight is 1470 g/mol. The van der Waals surface area contributed by atoms with Gasteiger partial charge >= 0.3 is 65.4 Å². The quantitative estimate of drug-likeness (QED) is 0.190. The molecule has 14 aliphatic rings. The van der Waals surface area contributed by atoms with Gasteiger partial charge in [-0.2, -0.15) is 6.92 Å². The van der Waals surface area contributed by atoms with Crippen LogP contribution in [0.1, 0.15) is 321 Å². The number of hydrogen-bond acceptors (Lipinski definition) is 0. The molecule has 0 amide bonds. The van der Waals surface area contributed by atoms with E-state index in [0.29, 0.717) is 0 Å². The minimum Gasteiger partial charge on any atom is -0.358 e. The number of rotatable bonds is 5. The predicted molar refractivity (Wildman–Crippen MR) is 428 cm³/mol. The Hall–Kier alpha value is 0.388. The molecule has 25 atom stereocenters. The van der Waals surface area contributed by atoms with Crippen molar-refractivity contribution in [1.29, 1.82) is 0 Å². The number of hydrogen-bond donors (Lipinski definition) is 0. The van der Waals surface area contributed by atoms with Crippen LogP contribution in [0.25, 0.3) is 0 Å². The summed E-state index contributed by atoms with van der Waals surface area (Å²) in [5, 5.41) is 0. The molecule has 0 N–H and O–H groups in total. The van der Waals surface area contributed by atoms with Crippen LogP contribution in [0.2, 0.25) is 0 Å². The summed E-state index contributed by atoms with van der Waals surface area (Å²) >= 11 is 0. The minimum atomic E-state index is 0. The Labute approximate surface area is 657 Å². The van der Waals surface area contributed by atoms with Crippen molar-refractivity contribution in [2.24, 2.45) is 148 Å². The molecule has 0 aromatic rings. The summed E-state index contributed by atoms with van der Waals surface area (Å²) in [7, 11) is 0. The Morgan fingerprint density at radius 1 is 0.281 bits per heavy atom. The Morgan fingerprint density at radius 3 is 1.07 bits per heavy atom. The fourth-order valence-electron chi connectivity index (χ4n) is 24.4. The van der Waals surface area contributed by atoms with Crippen molar-refractivity contribution in [3.8, 4) is 0 Å². The van der Waals surface area contributed by atoms with Crippen molar-refractivity contribution < 1.29 is 65.4 Å². The molecule has 0 heterocycles. The van der Waals surface area contributed by atoms with Gasteiger partial charge in [-0.25, -0.2) is 0 Å². The van der Waals surface area contributed by atoms with Crippen molar-refractivity contribution in [2.75, 3.05) is 0 Å². The van der Waals surface area contributed by atoms with E-state index in [-0.39, 0.29) is 103 Å². The molecule has 0 bridgehead atoms. The first-order valence-corrected chi connectivity index (χ1v) is 40.3. The van der Waals surface area contributed by atoms with Crippen LogP contribution >= 0.6 is 0 Å². The molecule has 19 unspecified atom stereocenters. The molecule has 0 aliphatic heterocycles. The van der Waals surface area contributed by atoms with Gasteiger partial charge in [0.15, 0.2) is 0 Å². The molecule has 0 spiro atoms. The molecule has 0 radical (unpaired) electrons. The van der Waals surface area contributed by atoms with E-state index >= 15 is 0 Å². The standard InChI is InChI=1S/C16H26.C15H24.C13H22.2C12H20.C10H18.C9H16.C2H5.5CH3.2Y/c1-11-6-5-8-14-10-13-7-3-4-9-15(13)12(2)16(11)14;1-10-7-8-13-9-12-5-3-4-6-14(12)11(2)15(10)13;1-4-11-7-8-12-6-5-9(2)13(12)10(11)3;1-4-10-7-11-6-5-8(2)12(11)9(10)3;1-3-10-7-11-6-4-5-9(2)12(11)8-10;1-4-10-7-5-6-8(2)9(10)3;1-4-9-6-5-7(2)8(9)3;1-2;;;;;;;/h12-16H,1,3-10H2,2H3;11-15H,1,3-9H2,2H3;10-13H,2,4-8H2,1,3H3;9-12H,2,4-7H2,1,3H3;10-12H,2-8H2,1H3;9-10H,2,4-7H2,1,3H3;8-9H,2,4-6H2,1,3H3;1H2,2H3;5*1H3;;/q;;;;;;;6*-1;2*+3/t12-,13-,14?,15+,16?;11-,12-,13?,14+,15?;;;;;;;;;;;;;/m00............./s1. The van der Waals surface area contributed by atoms with E-state index in [0.717, 1.165) is 148 Å². The fraction of sp³-hybridized carbons (Fsp3) is 0.787. The van der Waals surface area contributed by atoms with Gasteiger partial charge in [0.1, 0.15) is 0 Å². The van der Waals surface area contributed by atoms with E-state index in [9.17, 15) is 0 Å². The van der Waals surface area contributed by atoms with Crippen LogP contribution in [0, 0.1) is 192 Å². The Balaban J connectivity index is 0.00000109. The Kier molecular flexibility index (Phi) is 48.0. The first-order valence-electron chi connectivity index (χ1n) is 40.3. The fourth-order valence-corrected chi connectivity index (χ4v) is 24.4. The summed E-state index contributed by atoms with van der Waals surface area (Å²) in [5.41, 5.74) is 10.9. The van der Waals surface area contributed by atoms with Gasteiger partial charge in [-0.05, 0) is 315 Å². The van der Waals surface area contributed by atoms with Crippen LogP contribution in [0.5, 0.6) is 0 Å². The Morgan fingerprint density at radius 2 is 0.635 bits per heavy atom. The summed E-state index contributed by atoms with van der Waals surface area (Å²) in [5.74, 6) is 24.0. The van der Waals surface area contributed by atoms with E-state index in [4.69, 9.17) is 0 Å². The smallest absolute Gasteiger partial charge is 0.358 e. The molecule has 548 valence electrons. The van der Waals surface area contributed by atoms with Gasteiger partial charge in [-0.3, -0.25) is 0 Å². The topological polar surface area (TPSA) is 0 Å². The molecule has 14 rings (SSSR count). The molecule has 14 saturated carbocycles. The van der Waals surface area contributed by atoms with Crippen LogP contribution in [-0.2, 0) is 65.4 Å². The van der Waals surface area contributed by atoms with Crippen LogP contribution in [0.3, 0.4) is 0 Å². The molecule has 14 aliphatic carbocycles. The minimum absolute atomic E-state index is 0. The van der Waals surface area contributed by atoms with Crippen molar-refractivity contribution in [2.45, 2.75) is 321 Å². The summed E-state index contributed by atoms with van der Waals surface area (Å²) in [6, 6.07) is 0. The predicted octanol–water partition coefficient (Wildman–Crippen LogP) is 30.1. The molecular weight excluding hydrogens is 1310 g/mol. The van der Waals surface area contributed by atoms with Crippen LogP contribution < -0.4 is 0 Å². The summed E-state index contributed by atoms with van der Waals surface area (Å²) < 4.78 is 0. The maximum absolute atomic E-state index is 4.39. The van der Waals surface area contributed by atoms with Gasteiger partial charge in [0.25, 0.3) is 0 Å². The second kappa shape index (κ2) is 47.8. The van der Waals surface area contributed by atoms with Crippen LogP contribution in [0.4, 0.5) is 0 Å². The molecular formula is C94H166Y2. The first kappa shape index (κ1) is 96.4. The molecule has 0 saturated heterocycles. The van der Waals surface area contributed by atoms with Gasteiger partial charge in [-0.1, -0.05) is 232 Å². The van der Waals surface area contributed by atoms with Crippen LogP contribution in [0.15, 0.2) is 85.1 Å². The summed E-state index contributed by atoms with van der Waals surface area (Å²) in [6.45, 7) is 60.7. The van der Waals surface area contributed by atoms with E-state index in [1.54, 1.807) is 47.6 Å². The SMILES string of the molecule is C=C1CCC(CC)C1C.C=C1CCC2CC(CC)C(C)C12.C=C1CCC2CCC(CC)C(C)C12.C=C1CCC2C[C@@H]3CCCC[C@@H]3[C@H](C)C12.C=C1CCCC(CC)C1C.C=C1CCCC2CC(CC)CC12.C=C1CCCC2C[C@@H]3CCCC[C@@H]3[C@H](C)C12.[CH2-]C.[CH3-].[CH3-].[CH3-].[CH3-].[CH3-].[Y+3].[Y+3]. The monoisotopic (exact) mass is 1470 g/mol. The molecule has 96 heavy (non-hydrogen) atoms. The summed E-state index contributed by atoms with van der Waals surface area (Å²) in [4.78, 5) is 0. The number of fused-ring (bicyclic) bond motifs is 7. The third kappa shape index (κ3) is 24.5. The van der Waals surface area contributed by atoms with Gasteiger partial charge in [0.2, 0.25) is 0 Å². The van der Waals surface area contributed by atoms with E-state index < -0.39 is 0 Å². The molecule has 0 aromatic heterocycles. The Bertz CT molecular complexity index is 2220. The third-order valence-corrected chi connectivity index (χ3v) is 29.9. The average Bonchev–Trinajstić information content (AvgIpc) is 1.28. The zero-order chi connectivity index (χ0) is 64.6.